The molecule has 0 aromatic carbocycles. The van der Waals surface area contributed by atoms with Gasteiger partial charge in [0.15, 0.2) is 5.82 Å². The fourth-order valence-electron chi connectivity index (χ4n) is 4.90. The summed E-state index contributed by atoms with van der Waals surface area (Å²) in [7, 11) is 0. The van der Waals surface area contributed by atoms with Gasteiger partial charge in [0, 0.05) is 50.6 Å². The summed E-state index contributed by atoms with van der Waals surface area (Å²) in [5.74, 6) is 1.57. The lowest BCUT2D eigenvalue weighted by atomic mass is 10.1. The second-order valence-electron chi connectivity index (χ2n) is 8.22. The average molecular weight is 424 g/mol. The lowest BCUT2D eigenvalue weighted by Gasteiger charge is -2.25. The molecule has 3 aliphatic rings. The first-order chi connectivity index (χ1) is 15.9. The summed E-state index contributed by atoms with van der Waals surface area (Å²) in [5, 5.41) is 0. The van der Waals surface area contributed by atoms with Gasteiger partial charge in [-0.25, -0.2) is 15.0 Å². The van der Waals surface area contributed by atoms with Gasteiger partial charge in [0.1, 0.15) is 17.6 Å². The number of anilines is 2. The first kappa shape index (κ1) is 19.0. The van der Waals surface area contributed by atoms with Crippen molar-refractivity contribution in [1.82, 2.24) is 19.5 Å². The molecule has 1 atom stereocenters. The van der Waals surface area contributed by atoms with Gasteiger partial charge in [0.25, 0.3) is 0 Å². The third-order valence-corrected chi connectivity index (χ3v) is 6.25. The molecule has 3 aliphatic heterocycles. The monoisotopic (exact) mass is 423 g/mol. The van der Waals surface area contributed by atoms with Crippen LogP contribution >= 0.6 is 0 Å². The maximum atomic E-state index is 4.80. The highest BCUT2D eigenvalue weighted by Gasteiger charge is 2.36. The Labute approximate surface area is 187 Å². The first-order valence-corrected chi connectivity index (χ1v) is 11.3. The second kappa shape index (κ2) is 8.07. The molecule has 7 nitrogen and oxygen atoms in total. The van der Waals surface area contributed by atoms with Crippen molar-refractivity contribution < 1.29 is 0 Å². The Morgan fingerprint density at radius 2 is 1.72 bits per heavy atom. The van der Waals surface area contributed by atoms with E-state index in [2.05, 4.69) is 38.8 Å². The highest BCUT2D eigenvalue weighted by molar-refractivity contribution is 5.91. The van der Waals surface area contributed by atoms with Gasteiger partial charge in [-0.3, -0.25) is 9.56 Å². The van der Waals surface area contributed by atoms with Gasteiger partial charge in [-0.1, -0.05) is 18.2 Å². The van der Waals surface area contributed by atoms with E-state index in [1.807, 2.05) is 49.1 Å². The van der Waals surface area contributed by atoms with Gasteiger partial charge in [-0.15, -0.1) is 0 Å². The zero-order valence-corrected chi connectivity index (χ0v) is 17.9. The number of aliphatic imine (C=N–C) groups is 1. The Morgan fingerprint density at radius 3 is 2.41 bits per heavy atom. The third-order valence-electron chi connectivity index (χ3n) is 6.25. The first-order valence-electron chi connectivity index (χ1n) is 11.3. The lowest BCUT2D eigenvalue weighted by molar-refractivity contribution is 0.813. The molecule has 160 valence electrons. The molecule has 0 saturated carbocycles. The standard InChI is InChI=1S/C25H25N7/c1-2-11-27-20(10-1)32-21(19-9-7-12-26-19)22(30-15-3-4-16-30)23(31-17-5-6-18-31)24(32)25-28-13-8-14-29-25/h1-3,7-15,19H,4-6,16-18H2. The van der Waals surface area contributed by atoms with Gasteiger partial charge >= 0.3 is 0 Å². The number of hydrogen-bond acceptors (Lipinski definition) is 6. The van der Waals surface area contributed by atoms with Crippen molar-refractivity contribution in [2.75, 3.05) is 29.4 Å². The minimum atomic E-state index is -0.0835. The lowest BCUT2D eigenvalue weighted by Crippen LogP contribution is -2.22. The largest absolute Gasteiger partial charge is 0.368 e. The molecule has 32 heavy (non-hydrogen) atoms. The maximum Gasteiger partial charge on any atom is 0.178 e. The number of rotatable bonds is 5. The average Bonchev–Trinajstić information content (AvgIpc) is 3.65. The molecule has 0 aliphatic carbocycles. The summed E-state index contributed by atoms with van der Waals surface area (Å²) in [6.07, 6.45) is 19.4. The van der Waals surface area contributed by atoms with E-state index in [1.54, 1.807) is 0 Å². The minimum absolute atomic E-state index is 0.0835. The van der Waals surface area contributed by atoms with Crippen molar-refractivity contribution in [3.05, 3.63) is 73.0 Å². The van der Waals surface area contributed by atoms with Crippen LogP contribution in [0.15, 0.2) is 72.3 Å². The number of nitrogens with zero attached hydrogens (tertiary/aromatic N) is 7. The van der Waals surface area contributed by atoms with Crippen LogP contribution in [0.3, 0.4) is 0 Å². The summed E-state index contributed by atoms with van der Waals surface area (Å²) in [6.45, 7) is 3.01. The SMILES string of the molecule is C1=CC(c2c(N3C=CCC3)c(N3CCCC3)c(-c3ncccn3)n2-c2ccccn2)N=C1. The molecule has 3 aromatic heterocycles. The summed E-state index contributed by atoms with van der Waals surface area (Å²) in [5.41, 5.74) is 4.50. The highest BCUT2D eigenvalue weighted by Crippen LogP contribution is 2.50. The molecule has 6 rings (SSSR count). The number of aromatic nitrogens is 4. The van der Waals surface area contributed by atoms with E-state index in [-0.39, 0.29) is 6.04 Å². The number of pyridine rings is 1. The van der Waals surface area contributed by atoms with Crippen LogP contribution in [0.5, 0.6) is 0 Å². The van der Waals surface area contributed by atoms with Crippen molar-refractivity contribution in [3.63, 3.8) is 0 Å². The third kappa shape index (κ3) is 3.12. The van der Waals surface area contributed by atoms with E-state index in [1.165, 1.54) is 24.2 Å². The van der Waals surface area contributed by atoms with Crippen molar-refractivity contribution in [2.45, 2.75) is 25.3 Å². The van der Waals surface area contributed by atoms with Gasteiger partial charge in [0.05, 0.1) is 17.1 Å². The molecule has 6 heterocycles. The minimum Gasteiger partial charge on any atom is -0.368 e. The zero-order valence-electron chi connectivity index (χ0n) is 17.9. The van der Waals surface area contributed by atoms with Crippen LogP contribution in [0.4, 0.5) is 11.4 Å². The summed E-state index contributed by atoms with van der Waals surface area (Å²) >= 11 is 0. The van der Waals surface area contributed by atoms with E-state index in [9.17, 15) is 0 Å². The van der Waals surface area contributed by atoms with Crippen LogP contribution in [-0.2, 0) is 0 Å². The molecule has 0 radical (unpaired) electrons. The van der Waals surface area contributed by atoms with Crippen molar-refractivity contribution >= 4 is 17.6 Å². The molecule has 0 bridgehead atoms. The molecule has 1 fully saturated rings. The Kier molecular flexibility index (Phi) is 4.79. The van der Waals surface area contributed by atoms with Crippen LogP contribution in [0.2, 0.25) is 0 Å². The molecule has 0 spiro atoms. The predicted octanol–water partition coefficient (Wildman–Crippen LogP) is 4.34. The second-order valence-corrected chi connectivity index (χ2v) is 8.22. The molecule has 1 saturated heterocycles. The van der Waals surface area contributed by atoms with Crippen molar-refractivity contribution in [1.29, 1.82) is 0 Å². The molecule has 0 N–H and O–H groups in total. The van der Waals surface area contributed by atoms with Crippen LogP contribution in [0.25, 0.3) is 17.3 Å². The van der Waals surface area contributed by atoms with Crippen LogP contribution in [0.1, 0.15) is 31.0 Å². The van der Waals surface area contributed by atoms with Gasteiger partial charge in [-0.2, -0.15) is 0 Å². The molecule has 1 unspecified atom stereocenters. The summed E-state index contributed by atoms with van der Waals surface area (Å²) < 4.78 is 2.24. The summed E-state index contributed by atoms with van der Waals surface area (Å²) in [4.78, 5) is 23.8. The van der Waals surface area contributed by atoms with Gasteiger partial charge < -0.3 is 9.80 Å². The number of allylic oxidation sites excluding steroid dienone is 1. The van der Waals surface area contributed by atoms with Crippen LogP contribution in [-0.4, -0.2) is 45.4 Å². The molecular formula is C25H25N7. The predicted molar refractivity (Wildman–Crippen MR) is 128 cm³/mol. The van der Waals surface area contributed by atoms with E-state index in [0.717, 1.165) is 43.3 Å². The summed E-state index contributed by atoms with van der Waals surface area (Å²) in [6, 6.07) is 7.81. The molecular weight excluding hydrogens is 398 g/mol. The number of hydrogen-bond donors (Lipinski definition) is 0. The molecule has 3 aromatic rings. The van der Waals surface area contributed by atoms with Crippen LogP contribution < -0.4 is 9.80 Å². The molecule has 7 heteroatoms. The van der Waals surface area contributed by atoms with E-state index in [0.29, 0.717) is 5.82 Å². The quantitative estimate of drug-likeness (QED) is 0.611. The van der Waals surface area contributed by atoms with Crippen LogP contribution in [0, 0.1) is 0 Å². The Hall–Kier alpha value is -3.74. The highest BCUT2D eigenvalue weighted by atomic mass is 15.3. The fourth-order valence-corrected chi connectivity index (χ4v) is 4.90. The Morgan fingerprint density at radius 1 is 0.875 bits per heavy atom. The fraction of sp³-hybridized carbons (Fsp3) is 0.280. The van der Waals surface area contributed by atoms with E-state index >= 15 is 0 Å². The smallest absolute Gasteiger partial charge is 0.178 e. The topological polar surface area (TPSA) is 62.4 Å². The van der Waals surface area contributed by atoms with Gasteiger partial charge in [0.2, 0.25) is 0 Å². The van der Waals surface area contributed by atoms with Crippen molar-refractivity contribution in [3.8, 4) is 17.3 Å². The normalized spacial score (nSPS) is 19.6. The van der Waals surface area contributed by atoms with E-state index in [4.69, 9.17) is 19.9 Å². The maximum absolute atomic E-state index is 4.80. The Balaban J connectivity index is 1.73. The van der Waals surface area contributed by atoms with Crippen molar-refractivity contribution in [2.24, 2.45) is 4.99 Å². The molecule has 0 amide bonds. The van der Waals surface area contributed by atoms with E-state index < -0.39 is 0 Å². The van der Waals surface area contributed by atoms with Gasteiger partial charge in [-0.05, 0) is 43.5 Å². The zero-order chi connectivity index (χ0) is 21.3. The Bertz CT molecular complexity index is 1180.